The molecule has 0 spiro atoms. The fourth-order valence-corrected chi connectivity index (χ4v) is 2.17. The summed E-state index contributed by atoms with van der Waals surface area (Å²) in [4.78, 5) is 8.62. The second-order valence-corrected chi connectivity index (χ2v) is 4.71. The molecule has 0 saturated carbocycles. The van der Waals surface area contributed by atoms with Crippen molar-refractivity contribution >= 4 is 11.6 Å². The molecule has 6 heteroatoms. The van der Waals surface area contributed by atoms with Crippen LogP contribution in [-0.4, -0.2) is 33.3 Å². The molecule has 2 aromatic rings. The van der Waals surface area contributed by atoms with Crippen LogP contribution in [0.4, 0.5) is 11.6 Å². The van der Waals surface area contributed by atoms with Gasteiger partial charge in [0.25, 0.3) is 0 Å². The van der Waals surface area contributed by atoms with Crippen molar-refractivity contribution in [2.24, 2.45) is 7.05 Å². The van der Waals surface area contributed by atoms with Gasteiger partial charge in [-0.2, -0.15) is 5.10 Å². The summed E-state index contributed by atoms with van der Waals surface area (Å²) in [5, 5.41) is 10.9. The van der Waals surface area contributed by atoms with Crippen LogP contribution in [0.15, 0.2) is 18.6 Å². The molecular weight excluding hydrogens is 252 g/mol. The summed E-state index contributed by atoms with van der Waals surface area (Å²) in [6.07, 6.45) is 6.46. The van der Waals surface area contributed by atoms with Crippen LogP contribution in [0.3, 0.4) is 0 Å². The molecule has 0 aliphatic rings. The minimum absolute atomic E-state index is 0.813. The zero-order chi connectivity index (χ0) is 14.4. The number of hydrogen-bond donors (Lipinski definition) is 2. The largest absolute Gasteiger partial charge is 0.373 e. The Balaban J connectivity index is 2.01. The first-order valence-electron chi connectivity index (χ1n) is 6.98. The summed E-state index contributed by atoms with van der Waals surface area (Å²) >= 11 is 0. The summed E-state index contributed by atoms with van der Waals surface area (Å²) in [5.74, 6) is 1.82. The Labute approximate surface area is 119 Å². The van der Waals surface area contributed by atoms with Crippen molar-refractivity contribution in [2.45, 2.75) is 26.2 Å². The lowest BCUT2D eigenvalue weighted by atomic mass is 10.1. The van der Waals surface area contributed by atoms with Gasteiger partial charge in [0.2, 0.25) is 0 Å². The Morgan fingerprint density at radius 3 is 2.65 bits per heavy atom. The second kappa shape index (κ2) is 6.88. The first-order chi connectivity index (χ1) is 9.74. The summed E-state index contributed by atoms with van der Waals surface area (Å²) < 4.78 is 1.82. The molecule has 2 heterocycles. The van der Waals surface area contributed by atoms with E-state index < -0.39 is 0 Å². The molecule has 0 aromatic carbocycles. The summed E-state index contributed by atoms with van der Waals surface area (Å²) in [7, 11) is 3.82. The highest BCUT2D eigenvalue weighted by molar-refractivity contribution is 5.57. The first kappa shape index (κ1) is 14.3. The van der Waals surface area contributed by atoms with E-state index >= 15 is 0 Å². The van der Waals surface area contributed by atoms with Crippen LogP contribution in [0, 0.1) is 0 Å². The normalized spacial score (nSPS) is 10.6. The van der Waals surface area contributed by atoms with E-state index in [0.29, 0.717) is 0 Å². The van der Waals surface area contributed by atoms with E-state index in [1.54, 1.807) is 6.33 Å². The Morgan fingerprint density at radius 1 is 1.20 bits per heavy atom. The van der Waals surface area contributed by atoms with Crippen LogP contribution < -0.4 is 10.6 Å². The van der Waals surface area contributed by atoms with Gasteiger partial charge in [-0.25, -0.2) is 9.97 Å². The highest BCUT2D eigenvalue weighted by Crippen LogP contribution is 2.21. The molecule has 0 aliphatic carbocycles. The maximum absolute atomic E-state index is 4.37. The van der Waals surface area contributed by atoms with Crippen LogP contribution in [0.1, 0.15) is 24.6 Å². The van der Waals surface area contributed by atoms with Crippen molar-refractivity contribution in [2.75, 3.05) is 24.2 Å². The fraction of sp³-hybridized carbons (Fsp3) is 0.500. The number of aromatic nitrogens is 4. The number of nitrogens with one attached hydrogen (secondary N) is 2. The van der Waals surface area contributed by atoms with Crippen LogP contribution >= 0.6 is 0 Å². The zero-order valence-electron chi connectivity index (χ0n) is 12.3. The highest BCUT2D eigenvalue weighted by atomic mass is 15.2. The molecule has 0 saturated heterocycles. The van der Waals surface area contributed by atoms with Crippen LogP contribution in [-0.2, 0) is 19.9 Å². The van der Waals surface area contributed by atoms with E-state index in [0.717, 1.165) is 48.7 Å². The maximum Gasteiger partial charge on any atom is 0.134 e. The number of rotatable bonds is 7. The van der Waals surface area contributed by atoms with Gasteiger partial charge in [-0.3, -0.25) is 4.68 Å². The van der Waals surface area contributed by atoms with Gasteiger partial charge in [0, 0.05) is 38.8 Å². The van der Waals surface area contributed by atoms with Crippen molar-refractivity contribution in [1.29, 1.82) is 0 Å². The lowest BCUT2D eigenvalue weighted by molar-refractivity contribution is 0.741. The number of aryl methyl sites for hydroxylation is 1. The average Bonchev–Trinajstić information content (AvgIpc) is 2.86. The summed E-state index contributed by atoms with van der Waals surface area (Å²) in [6.45, 7) is 2.97. The third-order valence-electron chi connectivity index (χ3n) is 3.12. The third-order valence-corrected chi connectivity index (χ3v) is 3.12. The minimum atomic E-state index is 0.813. The van der Waals surface area contributed by atoms with Crippen molar-refractivity contribution in [3.05, 3.63) is 29.8 Å². The summed E-state index contributed by atoms with van der Waals surface area (Å²) in [5.41, 5.74) is 2.23. The molecule has 0 unspecified atom stereocenters. The van der Waals surface area contributed by atoms with E-state index in [-0.39, 0.29) is 0 Å². The van der Waals surface area contributed by atoms with Gasteiger partial charge in [-0.05, 0) is 12.5 Å². The van der Waals surface area contributed by atoms with Crippen LogP contribution in [0.25, 0.3) is 0 Å². The third kappa shape index (κ3) is 3.46. The number of hydrogen-bond acceptors (Lipinski definition) is 5. The number of nitrogens with zero attached hydrogens (tertiary/aromatic N) is 4. The van der Waals surface area contributed by atoms with E-state index in [4.69, 9.17) is 0 Å². The summed E-state index contributed by atoms with van der Waals surface area (Å²) in [6, 6.07) is 2.04. The van der Waals surface area contributed by atoms with Gasteiger partial charge in [0.15, 0.2) is 0 Å². The van der Waals surface area contributed by atoms with Crippen molar-refractivity contribution in [3.8, 4) is 0 Å². The van der Waals surface area contributed by atoms with Gasteiger partial charge >= 0.3 is 0 Å². The second-order valence-electron chi connectivity index (χ2n) is 4.71. The Hall–Kier alpha value is -2.11. The van der Waals surface area contributed by atoms with E-state index in [1.165, 1.54) is 0 Å². The van der Waals surface area contributed by atoms with E-state index in [2.05, 4.69) is 32.6 Å². The predicted octanol–water partition coefficient (Wildman–Crippen LogP) is 1.86. The smallest absolute Gasteiger partial charge is 0.134 e. The van der Waals surface area contributed by atoms with Gasteiger partial charge in [-0.1, -0.05) is 13.3 Å². The van der Waals surface area contributed by atoms with Crippen molar-refractivity contribution in [1.82, 2.24) is 19.7 Å². The van der Waals surface area contributed by atoms with Gasteiger partial charge in [0.05, 0.1) is 5.69 Å². The van der Waals surface area contributed by atoms with Gasteiger partial charge in [0.1, 0.15) is 18.0 Å². The lowest BCUT2D eigenvalue weighted by Crippen LogP contribution is -2.11. The first-order valence-corrected chi connectivity index (χ1v) is 6.98. The molecule has 6 nitrogen and oxygen atoms in total. The average molecular weight is 274 g/mol. The Morgan fingerprint density at radius 2 is 2.00 bits per heavy atom. The molecule has 0 bridgehead atoms. The molecule has 2 N–H and O–H groups in total. The predicted molar refractivity (Wildman–Crippen MR) is 81.0 cm³/mol. The molecule has 108 valence electrons. The molecule has 0 atom stereocenters. The molecule has 20 heavy (non-hydrogen) atoms. The molecule has 2 rings (SSSR count). The standard InChI is InChI=1S/C14H22N6/c1-4-5-12-13(15-2)17-10-18-14(12)16-8-6-11-7-9-20(3)19-11/h7,9-10H,4-6,8H2,1-3H3,(H2,15,16,17,18). The molecule has 0 fully saturated rings. The molecule has 2 aromatic heterocycles. The monoisotopic (exact) mass is 274 g/mol. The van der Waals surface area contributed by atoms with Crippen molar-refractivity contribution < 1.29 is 0 Å². The van der Waals surface area contributed by atoms with Crippen LogP contribution in [0.2, 0.25) is 0 Å². The van der Waals surface area contributed by atoms with Crippen LogP contribution in [0.5, 0.6) is 0 Å². The van der Waals surface area contributed by atoms with E-state index in [1.807, 2.05) is 31.0 Å². The van der Waals surface area contributed by atoms with Gasteiger partial charge in [-0.15, -0.1) is 0 Å². The van der Waals surface area contributed by atoms with Crippen molar-refractivity contribution in [3.63, 3.8) is 0 Å². The SMILES string of the molecule is CCCc1c(NC)ncnc1NCCc1ccn(C)n1. The lowest BCUT2D eigenvalue weighted by Gasteiger charge is -2.13. The number of anilines is 2. The van der Waals surface area contributed by atoms with Gasteiger partial charge < -0.3 is 10.6 Å². The topological polar surface area (TPSA) is 67.7 Å². The Kier molecular flexibility index (Phi) is 4.92. The quantitative estimate of drug-likeness (QED) is 0.806. The van der Waals surface area contributed by atoms with E-state index in [9.17, 15) is 0 Å². The maximum atomic E-state index is 4.37. The molecule has 0 aliphatic heterocycles. The minimum Gasteiger partial charge on any atom is -0.373 e. The molecule has 0 radical (unpaired) electrons. The highest BCUT2D eigenvalue weighted by Gasteiger charge is 2.09. The Bertz CT molecular complexity index is 548. The molecular formula is C14H22N6. The fourth-order valence-electron chi connectivity index (χ4n) is 2.17. The molecule has 0 amide bonds. The zero-order valence-corrected chi connectivity index (χ0v) is 12.3.